The van der Waals surface area contributed by atoms with Gasteiger partial charge in [-0.3, -0.25) is 9.89 Å². The Balaban J connectivity index is 1.60. The number of aliphatic hydroxyl groups excluding tert-OH is 1. The van der Waals surface area contributed by atoms with Crippen molar-refractivity contribution in [3.63, 3.8) is 0 Å². The number of carbonyl (C=O) groups excluding carboxylic acids is 1. The zero-order valence-corrected chi connectivity index (χ0v) is 13.1. The molecular weight excluding hydrogens is 318 g/mol. The molecule has 1 amide bonds. The summed E-state index contributed by atoms with van der Waals surface area (Å²) in [5.74, 6) is -1.75. The Morgan fingerprint density at radius 1 is 1.42 bits per heavy atom. The molecule has 0 bridgehead atoms. The van der Waals surface area contributed by atoms with E-state index >= 15 is 0 Å². The zero-order chi connectivity index (χ0) is 17.3. The number of aromatic amines is 1. The lowest BCUT2D eigenvalue weighted by Crippen LogP contribution is -2.33. The Kier molecular flexibility index (Phi) is 4.57. The van der Waals surface area contributed by atoms with E-state index in [0.717, 1.165) is 6.07 Å². The molecule has 0 radical (unpaired) electrons. The van der Waals surface area contributed by atoms with E-state index < -0.39 is 23.6 Å². The van der Waals surface area contributed by atoms with Crippen molar-refractivity contribution in [2.24, 2.45) is 5.92 Å². The van der Waals surface area contributed by atoms with E-state index in [9.17, 15) is 18.7 Å². The fraction of sp³-hybridized carbons (Fsp3) is 0.438. The van der Waals surface area contributed by atoms with E-state index in [2.05, 4.69) is 20.5 Å². The van der Waals surface area contributed by atoms with Crippen LogP contribution in [0.4, 0.5) is 8.78 Å². The van der Waals surface area contributed by atoms with Gasteiger partial charge in [-0.05, 0) is 31.9 Å². The number of amides is 1. The lowest BCUT2D eigenvalue weighted by atomic mass is 10.0. The minimum Gasteiger partial charge on any atom is -0.393 e. The summed E-state index contributed by atoms with van der Waals surface area (Å²) in [6.07, 6.45) is 0.516. The van der Waals surface area contributed by atoms with Gasteiger partial charge in [0.1, 0.15) is 5.82 Å². The molecule has 128 valence electrons. The summed E-state index contributed by atoms with van der Waals surface area (Å²) in [4.78, 5) is 16.3. The summed E-state index contributed by atoms with van der Waals surface area (Å²) in [6, 6.07) is 3.45. The van der Waals surface area contributed by atoms with Crippen molar-refractivity contribution in [1.82, 2.24) is 20.5 Å². The van der Waals surface area contributed by atoms with Gasteiger partial charge in [0, 0.05) is 18.4 Å². The highest BCUT2D eigenvalue weighted by atomic mass is 19.2. The lowest BCUT2D eigenvalue weighted by molar-refractivity contribution is 0.0912. The number of carbonyl (C=O) groups is 1. The Morgan fingerprint density at radius 3 is 2.92 bits per heavy atom. The summed E-state index contributed by atoms with van der Waals surface area (Å²) in [7, 11) is 0. The van der Waals surface area contributed by atoms with Gasteiger partial charge in [-0.1, -0.05) is 6.07 Å². The van der Waals surface area contributed by atoms with Gasteiger partial charge >= 0.3 is 0 Å². The molecule has 3 N–H and O–H groups in total. The molecule has 1 heterocycles. The maximum absolute atomic E-state index is 13.6. The molecule has 3 atom stereocenters. The van der Waals surface area contributed by atoms with Gasteiger partial charge in [-0.2, -0.15) is 5.10 Å². The Morgan fingerprint density at radius 2 is 2.21 bits per heavy atom. The van der Waals surface area contributed by atoms with Crippen LogP contribution < -0.4 is 5.32 Å². The average molecular weight is 336 g/mol. The molecule has 3 rings (SSSR count). The van der Waals surface area contributed by atoms with Gasteiger partial charge in [0.15, 0.2) is 17.5 Å². The standard InChI is InChI=1S/C16H18F2N4O2/c1-8-20-15(22-21-8)9-5-10(13(23)6-9)7-19-16(24)11-3-2-4-12(17)14(11)18/h2-4,9-10,13,23H,5-7H2,1H3,(H,19,24)(H,20,21,22)/t9-,10+,13+/m0/s1. The molecule has 1 aromatic heterocycles. The van der Waals surface area contributed by atoms with E-state index in [4.69, 9.17) is 0 Å². The van der Waals surface area contributed by atoms with Crippen molar-refractivity contribution < 1.29 is 18.7 Å². The van der Waals surface area contributed by atoms with Crippen LogP contribution >= 0.6 is 0 Å². The van der Waals surface area contributed by atoms with E-state index in [1.54, 1.807) is 6.92 Å². The molecule has 6 nitrogen and oxygen atoms in total. The number of nitrogens with one attached hydrogen (secondary N) is 2. The molecule has 1 saturated carbocycles. The molecule has 2 aromatic rings. The highest BCUT2D eigenvalue weighted by Crippen LogP contribution is 2.36. The van der Waals surface area contributed by atoms with Gasteiger partial charge in [0.25, 0.3) is 5.91 Å². The van der Waals surface area contributed by atoms with Crippen LogP contribution in [0.2, 0.25) is 0 Å². The predicted molar refractivity (Wildman–Crippen MR) is 81.3 cm³/mol. The van der Waals surface area contributed by atoms with Crippen molar-refractivity contribution >= 4 is 5.91 Å². The van der Waals surface area contributed by atoms with Crippen LogP contribution in [0.3, 0.4) is 0 Å². The van der Waals surface area contributed by atoms with Crippen LogP contribution in [0.15, 0.2) is 18.2 Å². The fourth-order valence-corrected chi connectivity index (χ4v) is 3.07. The maximum atomic E-state index is 13.6. The van der Waals surface area contributed by atoms with Crippen LogP contribution in [0.5, 0.6) is 0 Å². The number of hydrogen-bond acceptors (Lipinski definition) is 4. The summed E-state index contributed by atoms with van der Waals surface area (Å²) in [6.45, 7) is 1.98. The quantitative estimate of drug-likeness (QED) is 0.792. The first-order valence-electron chi connectivity index (χ1n) is 7.75. The van der Waals surface area contributed by atoms with Crippen molar-refractivity contribution in [3.8, 4) is 0 Å². The average Bonchev–Trinajstić information content (AvgIpc) is 3.13. The second-order valence-corrected chi connectivity index (χ2v) is 6.09. The number of aromatic nitrogens is 3. The minimum absolute atomic E-state index is 0.0118. The van der Waals surface area contributed by atoms with Crippen LogP contribution in [0.25, 0.3) is 0 Å². The molecule has 0 aliphatic heterocycles. The summed E-state index contributed by atoms with van der Waals surface area (Å²) in [5, 5.41) is 19.6. The minimum atomic E-state index is -1.17. The van der Waals surface area contributed by atoms with Crippen molar-refractivity contribution in [2.75, 3.05) is 6.54 Å². The maximum Gasteiger partial charge on any atom is 0.254 e. The van der Waals surface area contributed by atoms with Gasteiger partial charge in [-0.15, -0.1) is 0 Å². The molecule has 0 unspecified atom stereocenters. The summed E-state index contributed by atoms with van der Waals surface area (Å²) < 4.78 is 26.8. The van der Waals surface area contributed by atoms with Crippen molar-refractivity contribution in [3.05, 3.63) is 47.0 Å². The lowest BCUT2D eigenvalue weighted by Gasteiger charge is -2.15. The molecule has 1 aliphatic rings. The van der Waals surface area contributed by atoms with E-state index in [-0.39, 0.29) is 23.9 Å². The van der Waals surface area contributed by atoms with Crippen LogP contribution in [0.1, 0.15) is 40.8 Å². The highest BCUT2D eigenvalue weighted by molar-refractivity contribution is 5.94. The molecule has 0 saturated heterocycles. The smallest absolute Gasteiger partial charge is 0.254 e. The fourth-order valence-electron chi connectivity index (χ4n) is 3.07. The topological polar surface area (TPSA) is 90.9 Å². The third-order valence-electron chi connectivity index (χ3n) is 4.36. The van der Waals surface area contributed by atoms with Gasteiger partial charge in [0.2, 0.25) is 0 Å². The monoisotopic (exact) mass is 336 g/mol. The van der Waals surface area contributed by atoms with E-state index in [0.29, 0.717) is 24.5 Å². The molecule has 1 aliphatic carbocycles. The third kappa shape index (κ3) is 3.28. The zero-order valence-electron chi connectivity index (χ0n) is 13.1. The number of rotatable bonds is 4. The first kappa shape index (κ1) is 16.5. The normalized spacial score (nSPS) is 23.4. The molecule has 1 aromatic carbocycles. The molecular formula is C16H18F2N4O2. The first-order chi connectivity index (χ1) is 11.5. The van der Waals surface area contributed by atoms with E-state index in [1.165, 1.54) is 12.1 Å². The second-order valence-electron chi connectivity index (χ2n) is 6.09. The molecule has 1 fully saturated rings. The highest BCUT2D eigenvalue weighted by Gasteiger charge is 2.36. The SMILES string of the molecule is Cc1nc([C@H]2C[C@H](CNC(=O)c3cccc(F)c3F)[C@H](O)C2)n[nH]1. The summed E-state index contributed by atoms with van der Waals surface area (Å²) in [5.41, 5.74) is -0.344. The number of nitrogens with zero attached hydrogens (tertiary/aromatic N) is 2. The van der Waals surface area contributed by atoms with Gasteiger partial charge < -0.3 is 10.4 Å². The van der Waals surface area contributed by atoms with Crippen molar-refractivity contribution in [1.29, 1.82) is 0 Å². The van der Waals surface area contributed by atoms with Crippen LogP contribution in [0, 0.1) is 24.5 Å². The second kappa shape index (κ2) is 6.64. The molecule has 24 heavy (non-hydrogen) atoms. The van der Waals surface area contributed by atoms with E-state index in [1.807, 2.05) is 0 Å². The Labute approximate surface area is 137 Å². The number of aryl methyl sites for hydroxylation is 1. The Hall–Kier alpha value is -2.35. The molecule has 0 spiro atoms. The summed E-state index contributed by atoms with van der Waals surface area (Å²) >= 11 is 0. The number of halogens is 2. The van der Waals surface area contributed by atoms with Crippen LogP contribution in [-0.2, 0) is 0 Å². The van der Waals surface area contributed by atoms with Crippen molar-refractivity contribution in [2.45, 2.75) is 31.8 Å². The molecule has 8 heteroatoms. The predicted octanol–water partition coefficient (Wildman–Crippen LogP) is 1.68. The number of hydrogen-bond donors (Lipinski definition) is 3. The van der Waals surface area contributed by atoms with Crippen LogP contribution in [-0.4, -0.2) is 38.8 Å². The number of aliphatic hydroxyl groups is 1. The number of H-pyrrole nitrogens is 1. The number of benzene rings is 1. The first-order valence-corrected chi connectivity index (χ1v) is 7.75. The third-order valence-corrected chi connectivity index (χ3v) is 4.36. The largest absolute Gasteiger partial charge is 0.393 e. The van der Waals surface area contributed by atoms with Gasteiger partial charge in [-0.25, -0.2) is 13.8 Å². The Bertz CT molecular complexity index is 749. The van der Waals surface area contributed by atoms with Gasteiger partial charge in [0.05, 0.1) is 11.7 Å².